The average Bonchev–Trinajstić information content (AvgIpc) is 3.01. The number of esters is 1. The molecule has 3 rings (SSSR count). The van der Waals surface area contributed by atoms with Crippen molar-refractivity contribution in [3.8, 4) is 17.2 Å². The van der Waals surface area contributed by atoms with Crippen molar-refractivity contribution in [1.82, 2.24) is 0 Å². The maximum Gasteiger partial charge on any atom is 0.341 e. The minimum Gasteiger partial charge on any atom is -0.493 e. The van der Waals surface area contributed by atoms with Gasteiger partial charge < -0.3 is 24.1 Å². The highest BCUT2D eigenvalue weighted by Gasteiger charge is 2.43. The van der Waals surface area contributed by atoms with E-state index in [9.17, 15) is 19.2 Å². The highest BCUT2D eigenvalue weighted by molar-refractivity contribution is 6.40. The molecule has 0 radical (unpaired) electrons. The van der Waals surface area contributed by atoms with Gasteiger partial charge in [0.15, 0.2) is 18.1 Å². The van der Waals surface area contributed by atoms with Gasteiger partial charge in [0.05, 0.1) is 20.1 Å². The quantitative estimate of drug-likeness (QED) is 0.206. The van der Waals surface area contributed by atoms with Crippen molar-refractivity contribution in [2.45, 2.75) is 71.8 Å². The molecule has 0 aromatic heterocycles. The van der Waals surface area contributed by atoms with E-state index in [4.69, 9.17) is 24.1 Å². The predicted molar refractivity (Wildman–Crippen MR) is 156 cm³/mol. The molecule has 0 bridgehead atoms. The van der Waals surface area contributed by atoms with Gasteiger partial charge in [0.25, 0.3) is 0 Å². The van der Waals surface area contributed by atoms with Crippen molar-refractivity contribution >= 4 is 23.5 Å². The molecule has 0 saturated heterocycles. The summed E-state index contributed by atoms with van der Waals surface area (Å²) in [5, 5.41) is 9.02. The fraction of sp³-hybridized carbons (Fsp3) is 0.515. The van der Waals surface area contributed by atoms with E-state index in [2.05, 4.69) is 0 Å². The fourth-order valence-electron chi connectivity index (χ4n) is 5.19. The molecular formula is C33H42O9. The summed E-state index contributed by atoms with van der Waals surface area (Å²) in [7, 11) is 3.12. The van der Waals surface area contributed by atoms with Gasteiger partial charge in [-0.15, -0.1) is 0 Å². The Kier molecular flexibility index (Phi) is 11.5. The van der Waals surface area contributed by atoms with Crippen molar-refractivity contribution < 1.29 is 43.2 Å². The predicted octanol–water partition coefficient (Wildman–Crippen LogP) is 5.77. The number of ether oxygens (including phenoxy) is 4. The fourth-order valence-corrected chi connectivity index (χ4v) is 5.19. The second-order valence-electron chi connectivity index (χ2n) is 11.3. The first-order chi connectivity index (χ1) is 20.0. The zero-order valence-electron chi connectivity index (χ0n) is 25.1. The Morgan fingerprint density at radius 1 is 0.952 bits per heavy atom. The molecule has 1 unspecified atom stereocenters. The number of aliphatic carboxylic acids is 1. The number of aryl methyl sites for hydroxylation is 1. The summed E-state index contributed by atoms with van der Waals surface area (Å²) in [5.41, 5.74) is 0.778. The normalized spacial score (nSPS) is 17.5. The molecule has 0 heterocycles. The summed E-state index contributed by atoms with van der Waals surface area (Å²) < 4.78 is 22.2. The molecule has 2 aromatic carbocycles. The molecule has 0 spiro atoms. The number of carbonyl (C=O) groups excluding carboxylic acids is 3. The number of ketones is 2. The first-order valence-electron chi connectivity index (χ1n) is 14.4. The van der Waals surface area contributed by atoms with E-state index in [-0.39, 0.29) is 0 Å². The van der Waals surface area contributed by atoms with E-state index >= 15 is 0 Å². The third-order valence-electron chi connectivity index (χ3n) is 8.12. The zero-order chi connectivity index (χ0) is 30.9. The molecular weight excluding hydrogens is 540 g/mol. The number of benzene rings is 2. The number of carboxylic acid groups (broad SMARTS) is 1. The van der Waals surface area contributed by atoms with Crippen LogP contribution in [0.1, 0.15) is 76.5 Å². The van der Waals surface area contributed by atoms with Crippen LogP contribution in [0.2, 0.25) is 0 Å². The number of Topliss-reactive ketones (excluding diaryl/α,β-unsaturated/α-hetero) is 2. The molecule has 9 heteroatoms. The van der Waals surface area contributed by atoms with Crippen molar-refractivity contribution in [2.75, 3.05) is 20.8 Å². The van der Waals surface area contributed by atoms with Gasteiger partial charge in [0.1, 0.15) is 11.9 Å². The van der Waals surface area contributed by atoms with Crippen LogP contribution in [0.4, 0.5) is 0 Å². The van der Waals surface area contributed by atoms with E-state index in [1.54, 1.807) is 52.3 Å². The first-order valence-corrected chi connectivity index (χ1v) is 14.4. The van der Waals surface area contributed by atoms with Crippen LogP contribution in [0, 0.1) is 17.3 Å². The Morgan fingerprint density at radius 2 is 1.64 bits per heavy atom. The third-order valence-corrected chi connectivity index (χ3v) is 8.12. The van der Waals surface area contributed by atoms with E-state index in [0.29, 0.717) is 54.9 Å². The molecule has 1 aliphatic carbocycles. The highest BCUT2D eigenvalue weighted by Crippen LogP contribution is 2.37. The summed E-state index contributed by atoms with van der Waals surface area (Å²) >= 11 is 0. The van der Waals surface area contributed by atoms with Gasteiger partial charge in [-0.1, -0.05) is 51.8 Å². The molecule has 228 valence electrons. The van der Waals surface area contributed by atoms with Crippen LogP contribution in [0.5, 0.6) is 17.2 Å². The lowest BCUT2D eigenvalue weighted by atomic mass is 9.72. The average molecular weight is 583 g/mol. The number of rotatable bonds is 15. The van der Waals surface area contributed by atoms with Crippen molar-refractivity contribution in [1.29, 1.82) is 0 Å². The van der Waals surface area contributed by atoms with E-state index < -0.39 is 53.5 Å². The van der Waals surface area contributed by atoms with Gasteiger partial charge in [0.2, 0.25) is 11.6 Å². The lowest BCUT2D eigenvalue weighted by molar-refractivity contribution is -0.161. The number of carboxylic acids is 1. The molecule has 0 amide bonds. The maximum atomic E-state index is 13.7. The minimum atomic E-state index is -1.11. The van der Waals surface area contributed by atoms with Crippen molar-refractivity contribution in [2.24, 2.45) is 17.3 Å². The third kappa shape index (κ3) is 8.33. The Bertz CT molecular complexity index is 1270. The van der Waals surface area contributed by atoms with Crippen LogP contribution >= 0.6 is 0 Å². The van der Waals surface area contributed by atoms with Crippen LogP contribution in [-0.4, -0.2) is 49.4 Å². The molecule has 9 nitrogen and oxygen atoms in total. The lowest BCUT2D eigenvalue weighted by Gasteiger charge is -2.32. The van der Waals surface area contributed by atoms with Gasteiger partial charge in [0, 0.05) is 11.3 Å². The van der Waals surface area contributed by atoms with Gasteiger partial charge in [-0.05, 0) is 67.5 Å². The zero-order valence-corrected chi connectivity index (χ0v) is 25.1. The monoisotopic (exact) mass is 582 g/mol. The first kappa shape index (κ1) is 32.6. The molecule has 1 saturated carbocycles. The van der Waals surface area contributed by atoms with E-state index in [1.165, 1.54) is 0 Å². The van der Waals surface area contributed by atoms with E-state index in [1.807, 2.05) is 25.1 Å². The van der Waals surface area contributed by atoms with Gasteiger partial charge in [-0.3, -0.25) is 14.4 Å². The largest absolute Gasteiger partial charge is 0.493 e. The summed E-state index contributed by atoms with van der Waals surface area (Å²) in [6, 6.07) is 12.4. The number of carbonyl (C=O) groups is 4. The molecule has 1 N–H and O–H groups in total. The standard InChI is InChI=1S/C33H42O9/c1-6-33(2,3)31(37)30(36)24-12-7-8-13-25(24)32(38)42-26(22-10-9-11-23(19-22)41-20-29(34)35)16-14-21-15-17-27(39-4)28(18-21)40-5/h9-11,15,17-19,24-26H,6-8,12-14,16,20H2,1-5H3,(H,34,35)/t24?,25-,26-/m1/s1. The Balaban J connectivity index is 1.87. The summed E-state index contributed by atoms with van der Waals surface area (Å²) in [4.78, 5) is 51.1. The smallest absolute Gasteiger partial charge is 0.341 e. The molecule has 2 aromatic rings. The van der Waals surface area contributed by atoms with Gasteiger partial charge in [-0.2, -0.15) is 0 Å². The summed E-state index contributed by atoms with van der Waals surface area (Å²) in [5.74, 6) is -2.45. The molecule has 1 aliphatic rings. The Morgan fingerprint density at radius 3 is 2.29 bits per heavy atom. The Labute approximate surface area is 247 Å². The molecule has 0 aliphatic heterocycles. The topological polar surface area (TPSA) is 125 Å². The minimum absolute atomic E-state index is 0.334. The Hall–Kier alpha value is -3.88. The lowest BCUT2D eigenvalue weighted by Crippen LogP contribution is -2.42. The van der Waals surface area contributed by atoms with Crippen molar-refractivity contribution in [3.63, 3.8) is 0 Å². The van der Waals surface area contributed by atoms with Crippen LogP contribution < -0.4 is 14.2 Å². The molecule has 1 fully saturated rings. The molecule has 3 atom stereocenters. The maximum absolute atomic E-state index is 13.7. The number of hydrogen-bond acceptors (Lipinski definition) is 8. The molecule has 42 heavy (non-hydrogen) atoms. The van der Waals surface area contributed by atoms with Crippen molar-refractivity contribution in [3.05, 3.63) is 53.6 Å². The van der Waals surface area contributed by atoms with Crippen LogP contribution in [0.3, 0.4) is 0 Å². The summed E-state index contributed by atoms with van der Waals surface area (Å²) in [6.45, 7) is 4.88. The van der Waals surface area contributed by atoms with Crippen LogP contribution in [0.25, 0.3) is 0 Å². The summed E-state index contributed by atoms with van der Waals surface area (Å²) in [6.07, 6.45) is 3.22. The SMILES string of the molecule is CCC(C)(C)C(=O)C(=O)C1CCCC[C@H]1C(=O)O[C@H](CCc1ccc(OC)c(OC)c1)c1cccc(OCC(=O)O)c1. The number of methoxy groups -OCH3 is 2. The van der Waals surface area contributed by atoms with E-state index in [0.717, 1.165) is 18.4 Å². The van der Waals surface area contributed by atoms with Crippen LogP contribution in [-0.2, 0) is 30.3 Å². The highest BCUT2D eigenvalue weighted by atomic mass is 16.5. The van der Waals surface area contributed by atoms with Gasteiger partial charge >= 0.3 is 11.9 Å². The van der Waals surface area contributed by atoms with Gasteiger partial charge in [-0.25, -0.2) is 4.79 Å². The number of hydrogen-bond donors (Lipinski definition) is 1. The second kappa shape index (κ2) is 14.8. The van der Waals surface area contributed by atoms with Crippen LogP contribution in [0.15, 0.2) is 42.5 Å². The second-order valence-corrected chi connectivity index (χ2v) is 11.3.